The zero-order valence-electron chi connectivity index (χ0n) is 13.8. The summed E-state index contributed by atoms with van der Waals surface area (Å²) in [7, 11) is 0. The normalized spacial score (nSPS) is 11.7. The van der Waals surface area contributed by atoms with Crippen LogP contribution in [-0.2, 0) is 14.3 Å². The van der Waals surface area contributed by atoms with E-state index in [-0.39, 0.29) is 16.9 Å². The van der Waals surface area contributed by atoms with Crippen molar-refractivity contribution in [1.29, 1.82) is 0 Å². The number of carbonyl (C=O) groups excluding carboxylic acids is 2. The van der Waals surface area contributed by atoms with Gasteiger partial charge in [-0.1, -0.05) is 23.1 Å². The largest absolute Gasteiger partial charge is 0.480 e. The average Bonchev–Trinajstić information content (AvgIpc) is 3.03. The van der Waals surface area contributed by atoms with Crippen LogP contribution in [0.2, 0.25) is 0 Å². The molecular weight excluding hydrogens is 449 g/mol. The maximum atomic E-state index is 13.1. The summed E-state index contributed by atoms with van der Waals surface area (Å²) in [6, 6.07) is 3.92. The molecule has 1 aromatic carbocycles. The van der Waals surface area contributed by atoms with E-state index in [9.17, 15) is 14.0 Å². The number of ether oxygens (including phenoxy) is 2. The Labute approximate surface area is 165 Å². The average molecular weight is 464 g/mol. The number of amides is 1. The first-order valence-electron chi connectivity index (χ1n) is 7.43. The molecule has 1 aromatic heterocycles. The number of thioether (sulfide) groups is 1. The van der Waals surface area contributed by atoms with Crippen molar-refractivity contribution < 1.29 is 23.5 Å². The number of esters is 1. The fraction of sp³-hybridized carbons (Fsp3) is 0.333. The lowest BCUT2D eigenvalue weighted by Crippen LogP contribution is -2.30. The van der Waals surface area contributed by atoms with E-state index in [0.717, 1.165) is 11.3 Å². The number of carbonyl (C=O) groups is 2. The molecule has 7 nitrogen and oxygen atoms in total. The minimum Gasteiger partial charge on any atom is -0.480 e. The van der Waals surface area contributed by atoms with Crippen LogP contribution in [0.5, 0.6) is 5.75 Å². The van der Waals surface area contributed by atoms with Crippen LogP contribution in [0.15, 0.2) is 27.0 Å². The molecule has 2 rings (SSSR count). The van der Waals surface area contributed by atoms with E-state index >= 15 is 0 Å². The third-order valence-corrected chi connectivity index (χ3v) is 5.39. The van der Waals surface area contributed by atoms with Crippen LogP contribution >= 0.6 is 39.0 Å². The molecule has 0 spiro atoms. The molecule has 11 heteroatoms. The number of hydrogen-bond acceptors (Lipinski definition) is 8. The lowest BCUT2D eigenvalue weighted by atomic mass is 10.3. The van der Waals surface area contributed by atoms with Gasteiger partial charge >= 0.3 is 5.97 Å². The monoisotopic (exact) mass is 463 g/mol. The van der Waals surface area contributed by atoms with E-state index in [1.54, 1.807) is 13.8 Å². The summed E-state index contributed by atoms with van der Waals surface area (Å²) in [6.07, 6.45) is -0.837. The fourth-order valence-corrected chi connectivity index (χ4v) is 3.66. The fourth-order valence-electron chi connectivity index (χ4n) is 1.66. The topological polar surface area (TPSA) is 90.4 Å². The van der Waals surface area contributed by atoms with E-state index in [1.165, 1.54) is 30.0 Å². The van der Waals surface area contributed by atoms with Crippen LogP contribution in [0.25, 0.3) is 0 Å². The molecule has 2 aromatic rings. The van der Waals surface area contributed by atoms with E-state index in [2.05, 4.69) is 31.4 Å². The molecule has 0 saturated heterocycles. The Morgan fingerprint density at radius 3 is 2.88 bits per heavy atom. The van der Waals surface area contributed by atoms with Gasteiger partial charge in [0.1, 0.15) is 11.6 Å². The molecule has 140 valence electrons. The number of halogens is 2. The summed E-state index contributed by atoms with van der Waals surface area (Å²) in [5, 5.41) is 10.6. The molecule has 0 aliphatic heterocycles. The Hall–Kier alpha value is -1.72. The highest BCUT2D eigenvalue weighted by atomic mass is 79.9. The molecule has 0 saturated carbocycles. The molecule has 1 N–H and O–H groups in total. The quantitative estimate of drug-likeness (QED) is 0.363. The van der Waals surface area contributed by atoms with Crippen LogP contribution in [0, 0.1) is 5.82 Å². The Kier molecular flexibility index (Phi) is 7.79. The van der Waals surface area contributed by atoms with E-state index in [0.29, 0.717) is 21.2 Å². The number of rotatable bonds is 8. The van der Waals surface area contributed by atoms with Gasteiger partial charge < -0.3 is 9.47 Å². The number of anilines is 1. The van der Waals surface area contributed by atoms with Crippen LogP contribution in [0.4, 0.5) is 9.52 Å². The van der Waals surface area contributed by atoms with Crippen molar-refractivity contribution in [3.05, 3.63) is 28.5 Å². The smallest absolute Gasteiger partial charge is 0.316 e. The minimum atomic E-state index is -0.837. The highest BCUT2D eigenvalue weighted by Gasteiger charge is 2.18. The van der Waals surface area contributed by atoms with Gasteiger partial charge in [-0.2, -0.15) is 0 Å². The van der Waals surface area contributed by atoms with Crippen molar-refractivity contribution >= 4 is 56.0 Å². The Morgan fingerprint density at radius 1 is 1.42 bits per heavy atom. The Morgan fingerprint density at radius 2 is 2.19 bits per heavy atom. The highest BCUT2D eigenvalue weighted by Crippen LogP contribution is 2.28. The second-order valence-electron chi connectivity index (χ2n) is 4.79. The number of benzene rings is 1. The van der Waals surface area contributed by atoms with E-state index in [1.807, 2.05) is 0 Å². The van der Waals surface area contributed by atoms with Gasteiger partial charge in [0.25, 0.3) is 5.91 Å². The lowest BCUT2D eigenvalue weighted by molar-refractivity contribution is -0.139. The second kappa shape index (κ2) is 9.83. The van der Waals surface area contributed by atoms with Crippen molar-refractivity contribution in [3.63, 3.8) is 0 Å². The molecule has 0 aliphatic carbocycles. The molecule has 0 fully saturated rings. The molecule has 0 aliphatic rings. The van der Waals surface area contributed by atoms with Crippen LogP contribution in [0.3, 0.4) is 0 Å². The third-order valence-electron chi connectivity index (χ3n) is 2.82. The first kappa shape index (κ1) is 20.6. The van der Waals surface area contributed by atoms with Gasteiger partial charge in [-0.05, 0) is 48.0 Å². The molecule has 26 heavy (non-hydrogen) atoms. The molecular formula is C15H15BrFN3O4S2. The van der Waals surface area contributed by atoms with Crippen LogP contribution in [0.1, 0.15) is 13.8 Å². The summed E-state index contributed by atoms with van der Waals surface area (Å²) < 4.78 is 24.4. The summed E-state index contributed by atoms with van der Waals surface area (Å²) in [5.41, 5.74) is 0. The van der Waals surface area contributed by atoms with Crippen molar-refractivity contribution in [2.75, 3.05) is 17.7 Å². The molecule has 0 radical (unpaired) electrons. The lowest BCUT2D eigenvalue weighted by Gasteiger charge is -2.14. The first-order chi connectivity index (χ1) is 12.4. The van der Waals surface area contributed by atoms with Crippen molar-refractivity contribution in [2.24, 2.45) is 0 Å². The maximum Gasteiger partial charge on any atom is 0.316 e. The number of nitrogens with one attached hydrogen (secondary N) is 1. The molecule has 1 atom stereocenters. The SMILES string of the molecule is CCOC(=O)CSc1nnc(NC(=O)[C@H](C)Oc2ccc(F)cc2Br)s1. The van der Waals surface area contributed by atoms with Gasteiger partial charge in [-0.25, -0.2) is 4.39 Å². The minimum absolute atomic E-state index is 0.120. The summed E-state index contributed by atoms with van der Waals surface area (Å²) in [4.78, 5) is 23.5. The number of nitrogens with zero attached hydrogens (tertiary/aromatic N) is 2. The second-order valence-corrected chi connectivity index (χ2v) is 7.85. The van der Waals surface area contributed by atoms with Crippen molar-refractivity contribution in [1.82, 2.24) is 10.2 Å². The molecule has 1 amide bonds. The van der Waals surface area contributed by atoms with Gasteiger partial charge in [0.05, 0.1) is 16.8 Å². The van der Waals surface area contributed by atoms with Crippen LogP contribution < -0.4 is 10.1 Å². The van der Waals surface area contributed by atoms with Gasteiger partial charge in [0.15, 0.2) is 10.4 Å². The zero-order valence-corrected chi connectivity index (χ0v) is 17.0. The number of hydrogen-bond donors (Lipinski definition) is 1. The van der Waals surface area contributed by atoms with Crippen molar-refractivity contribution in [3.8, 4) is 5.75 Å². The predicted molar refractivity (Wildman–Crippen MR) is 100 cm³/mol. The summed E-state index contributed by atoms with van der Waals surface area (Å²) in [5.74, 6) is -0.723. The summed E-state index contributed by atoms with van der Waals surface area (Å²) in [6.45, 7) is 3.61. The standard InChI is InChI=1S/C15H15BrFN3O4S2/c1-3-23-12(21)7-25-15-20-19-14(26-15)18-13(22)8(2)24-11-5-4-9(17)6-10(11)16/h4-6,8H,3,7H2,1-2H3,(H,18,19,22)/t8-/m0/s1. The molecule has 1 heterocycles. The zero-order chi connectivity index (χ0) is 19.1. The van der Waals surface area contributed by atoms with Crippen molar-refractivity contribution in [2.45, 2.75) is 24.3 Å². The van der Waals surface area contributed by atoms with Gasteiger partial charge in [-0.15, -0.1) is 10.2 Å². The Balaban J connectivity index is 1.87. The molecule has 0 unspecified atom stereocenters. The molecule has 0 bridgehead atoms. The van der Waals surface area contributed by atoms with E-state index in [4.69, 9.17) is 9.47 Å². The Bertz CT molecular complexity index is 790. The maximum absolute atomic E-state index is 13.1. The van der Waals surface area contributed by atoms with Gasteiger partial charge in [0, 0.05) is 0 Å². The number of aromatic nitrogens is 2. The summed E-state index contributed by atoms with van der Waals surface area (Å²) >= 11 is 5.49. The third kappa shape index (κ3) is 6.22. The predicted octanol–water partition coefficient (Wildman–Crippen LogP) is 3.50. The van der Waals surface area contributed by atoms with Gasteiger partial charge in [-0.3, -0.25) is 14.9 Å². The highest BCUT2D eigenvalue weighted by molar-refractivity contribution is 9.10. The van der Waals surface area contributed by atoms with Gasteiger partial charge in [0.2, 0.25) is 5.13 Å². The van der Waals surface area contributed by atoms with E-state index < -0.39 is 17.8 Å². The first-order valence-corrected chi connectivity index (χ1v) is 10.0. The van der Waals surface area contributed by atoms with Crippen LogP contribution in [-0.4, -0.2) is 40.5 Å².